The Morgan fingerprint density at radius 3 is 2.30 bits per heavy atom. The lowest BCUT2D eigenvalue weighted by molar-refractivity contribution is 0.0730. The number of amides is 1. The maximum absolute atomic E-state index is 13.9. The van der Waals surface area contributed by atoms with Gasteiger partial charge in [-0.15, -0.1) is 0 Å². The summed E-state index contributed by atoms with van der Waals surface area (Å²) in [7, 11) is 4.71. The number of hydrogen-bond acceptors (Lipinski definition) is 7. The molecule has 3 aromatic carbocycles. The van der Waals surface area contributed by atoms with Crippen molar-refractivity contribution in [3.63, 3.8) is 0 Å². The summed E-state index contributed by atoms with van der Waals surface area (Å²) in [6, 6.07) is 13.6. The monoisotopic (exact) mass is 563 g/mol. The van der Waals surface area contributed by atoms with Crippen LogP contribution in [0.5, 0.6) is 23.0 Å². The number of nitrogens with zero attached hydrogens (tertiary/aromatic N) is 1. The average Bonchev–Trinajstić information content (AvgIpc) is 3.24. The molecule has 1 amide bonds. The molecule has 9 heteroatoms. The number of hydrogen-bond donors (Lipinski definition) is 0. The van der Waals surface area contributed by atoms with Crippen LogP contribution in [0.25, 0.3) is 11.0 Å². The van der Waals surface area contributed by atoms with E-state index in [1.807, 2.05) is 38.1 Å². The van der Waals surface area contributed by atoms with Crippen molar-refractivity contribution in [1.82, 2.24) is 4.90 Å². The summed E-state index contributed by atoms with van der Waals surface area (Å²) < 4.78 is 28.2. The van der Waals surface area contributed by atoms with Crippen LogP contribution in [0, 0.1) is 6.92 Å². The van der Waals surface area contributed by atoms with Gasteiger partial charge in [0.1, 0.15) is 5.58 Å². The summed E-state index contributed by atoms with van der Waals surface area (Å²) in [5, 5.41) is 0.778. The van der Waals surface area contributed by atoms with Gasteiger partial charge in [-0.05, 0) is 73.4 Å². The summed E-state index contributed by atoms with van der Waals surface area (Å²) in [6.45, 7) is 4.49. The van der Waals surface area contributed by atoms with Gasteiger partial charge in [-0.3, -0.25) is 9.59 Å². The van der Waals surface area contributed by atoms with Crippen molar-refractivity contribution in [1.29, 1.82) is 0 Å². The molecule has 0 aliphatic carbocycles. The van der Waals surface area contributed by atoms with Gasteiger partial charge in [-0.2, -0.15) is 0 Å². The zero-order valence-electron chi connectivity index (χ0n) is 23.0. The molecule has 1 aromatic heterocycles. The van der Waals surface area contributed by atoms with E-state index in [9.17, 15) is 9.59 Å². The highest BCUT2D eigenvalue weighted by atomic mass is 35.5. The molecule has 1 unspecified atom stereocenters. The van der Waals surface area contributed by atoms with Crippen LogP contribution in [0.1, 0.15) is 45.8 Å². The molecule has 1 aliphatic rings. The summed E-state index contributed by atoms with van der Waals surface area (Å²) in [5.41, 5.74) is 2.69. The van der Waals surface area contributed by atoms with Gasteiger partial charge in [0.05, 0.1) is 44.9 Å². The van der Waals surface area contributed by atoms with Gasteiger partial charge in [0.2, 0.25) is 5.76 Å². The maximum Gasteiger partial charge on any atom is 0.290 e. The van der Waals surface area contributed by atoms with E-state index < -0.39 is 6.04 Å². The zero-order valence-corrected chi connectivity index (χ0v) is 23.8. The van der Waals surface area contributed by atoms with Crippen LogP contribution >= 0.6 is 11.6 Å². The highest BCUT2D eigenvalue weighted by Crippen LogP contribution is 2.41. The molecular weight excluding hydrogens is 534 g/mol. The Labute approximate surface area is 237 Å². The minimum absolute atomic E-state index is 0.0318. The Bertz CT molecular complexity index is 1660. The van der Waals surface area contributed by atoms with Crippen LogP contribution in [0.15, 0.2) is 57.7 Å². The number of ether oxygens (including phenoxy) is 4. The second-order valence-corrected chi connectivity index (χ2v) is 9.86. The van der Waals surface area contributed by atoms with Gasteiger partial charge >= 0.3 is 0 Å². The Hall–Kier alpha value is -4.17. The summed E-state index contributed by atoms with van der Waals surface area (Å²) in [5.74, 6) is 1.96. The summed E-state index contributed by atoms with van der Waals surface area (Å²) >= 11 is 6.36. The van der Waals surface area contributed by atoms with Gasteiger partial charge in [0.25, 0.3) is 5.91 Å². The van der Waals surface area contributed by atoms with E-state index in [1.165, 1.54) is 0 Å². The van der Waals surface area contributed by atoms with E-state index in [4.69, 9.17) is 35.0 Å². The number of carbonyl (C=O) groups excluding carboxylic acids is 1. The Balaban J connectivity index is 1.63. The van der Waals surface area contributed by atoms with Crippen LogP contribution in [-0.2, 0) is 6.42 Å². The molecule has 8 nitrogen and oxygen atoms in total. The first-order valence-electron chi connectivity index (χ1n) is 12.9. The van der Waals surface area contributed by atoms with Gasteiger partial charge in [-0.1, -0.05) is 23.7 Å². The van der Waals surface area contributed by atoms with E-state index >= 15 is 0 Å². The standard InChI is InChI=1S/C31H30ClNO7/c1-6-39-23-10-8-19(15-26(23)38-5)28-27-29(34)20-16-21(32)17(2)13-24(20)40-30(27)31(35)33(28)12-11-18-7-9-22(36-3)25(14-18)37-4/h7-10,13-16,28H,6,11-12H2,1-5H3. The minimum atomic E-state index is -0.701. The van der Waals surface area contributed by atoms with E-state index in [0.29, 0.717) is 64.1 Å². The van der Waals surface area contributed by atoms with Crippen LogP contribution in [-0.4, -0.2) is 45.3 Å². The molecule has 0 spiro atoms. The number of carbonyl (C=O) groups is 1. The third kappa shape index (κ3) is 4.73. The first-order chi connectivity index (χ1) is 19.3. The number of fused-ring (bicyclic) bond motifs is 2. The summed E-state index contributed by atoms with van der Waals surface area (Å²) in [6.07, 6.45) is 0.503. The van der Waals surface area contributed by atoms with Gasteiger partial charge in [-0.25, -0.2) is 0 Å². The first kappa shape index (κ1) is 27.4. The lowest BCUT2D eigenvalue weighted by Gasteiger charge is -2.26. The second kappa shape index (κ2) is 11.1. The fourth-order valence-electron chi connectivity index (χ4n) is 5.13. The Morgan fingerprint density at radius 1 is 0.900 bits per heavy atom. The minimum Gasteiger partial charge on any atom is -0.493 e. The van der Waals surface area contributed by atoms with Crippen LogP contribution in [0.3, 0.4) is 0 Å². The van der Waals surface area contributed by atoms with Gasteiger partial charge < -0.3 is 28.3 Å². The molecule has 1 atom stereocenters. The Morgan fingerprint density at radius 2 is 1.60 bits per heavy atom. The average molecular weight is 564 g/mol. The van der Waals surface area contributed by atoms with E-state index in [0.717, 1.165) is 11.1 Å². The number of rotatable bonds is 9. The van der Waals surface area contributed by atoms with Gasteiger partial charge in [0.15, 0.2) is 28.4 Å². The third-order valence-electron chi connectivity index (χ3n) is 7.14. The van der Waals surface area contributed by atoms with Gasteiger partial charge in [0, 0.05) is 11.6 Å². The van der Waals surface area contributed by atoms with E-state index in [2.05, 4.69) is 0 Å². The highest BCUT2D eigenvalue weighted by molar-refractivity contribution is 6.32. The fourth-order valence-corrected chi connectivity index (χ4v) is 5.30. The van der Waals surface area contributed by atoms with Crippen molar-refractivity contribution in [2.75, 3.05) is 34.5 Å². The van der Waals surface area contributed by atoms with Crippen molar-refractivity contribution < 1.29 is 28.2 Å². The van der Waals surface area contributed by atoms with Crippen molar-refractivity contribution in [2.24, 2.45) is 0 Å². The van der Waals surface area contributed by atoms with Crippen LogP contribution in [0.2, 0.25) is 5.02 Å². The topological polar surface area (TPSA) is 87.4 Å². The van der Waals surface area contributed by atoms with E-state index in [-0.39, 0.29) is 22.7 Å². The zero-order chi connectivity index (χ0) is 28.6. The lowest BCUT2D eigenvalue weighted by atomic mass is 9.97. The summed E-state index contributed by atoms with van der Waals surface area (Å²) in [4.78, 5) is 29.5. The molecule has 0 N–H and O–H groups in total. The molecule has 0 fully saturated rings. The third-order valence-corrected chi connectivity index (χ3v) is 7.55. The quantitative estimate of drug-likeness (QED) is 0.248. The molecule has 1 aliphatic heterocycles. The molecule has 2 heterocycles. The molecule has 0 bridgehead atoms. The predicted molar refractivity (Wildman–Crippen MR) is 153 cm³/mol. The molecule has 0 radical (unpaired) electrons. The molecule has 208 valence electrons. The molecule has 40 heavy (non-hydrogen) atoms. The molecular formula is C31H30ClNO7. The predicted octanol–water partition coefficient (Wildman–Crippen LogP) is 5.97. The van der Waals surface area contributed by atoms with Crippen molar-refractivity contribution in [3.8, 4) is 23.0 Å². The lowest BCUT2D eigenvalue weighted by Crippen LogP contribution is -2.31. The maximum atomic E-state index is 13.9. The molecule has 0 saturated heterocycles. The largest absolute Gasteiger partial charge is 0.493 e. The van der Waals surface area contributed by atoms with Crippen molar-refractivity contribution >= 4 is 28.5 Å². The number of aryl methyl sites for hydroxylation is 1. The first-order valence-corrected chi connectivity index (χ1v) is 13.3. The van der Waals surface area contributed by atoms with Crippen molar-refractivity contribution in [2.45, 2.75) is 26.3 Å². The van der Waals surface area contributed by atoms with Crippen molar-refractivity contribution in [3.05, 3.63) is 91.8 Å². The van der Waals surface area contributed by atoms with Crippen LogP contribution in [0.4, 0.5) is 0 Å². The molecule has 4 aromatic rings. The fraction of sp³-hybridized carbons (Fsp3) is 0.290. The second-order valence-electron chi connectivity index (χ2n) is 9.46. The van der Waals surface area contributed by atoms with Crippen LogP contribution < -0.4 is 24.4 Å². The number of benzene rings is 3. The SMILES string of the molecule is CCOc1ccc(C2c3c(oc4cc(C)c(Cl)cc4c3=O)C(=O)N2CCc2ccc(OC)c(OC)c2)cc1OC. The number of halogens is 1. The number of methoxy groups -OCH3 is 3. The molecule has 5 rings (SSSR count). The van der Waals surface area contributed by atoms with E-state index in [1.54, 1.807) is 50.5 Å². The highest BCUT2D eigenvalue weighted by Gasteiger charge is 2.43. The smallest absolute Gasteiger partial charge is 0.290 e. The normalized spacial score (nSPS) is 14.4. The Kier molecular flexibility index (Phi) is 7.63. The molecule has 0 saturated carbocycles.